The molecule has 21 heavy (non-hydrogen) atoms. The second-order valence-corrected chi connectivity index (χ2v) is 5.40. The number of nitrogens with zero attached hydrogens (tertiary/aromatic N) is 1. The molecule has 116 valence electrons. The van der Waals surface area contributed by atoms with E-state index in [0.717, 1.165) is 6.42 Å². The standard InChI is InChI=1S/C15H21FN2O3/c1-11(10-21-14-4-2-13(16)3-5-14)17-15(20)18-7-6-12(8-18)9-19/h2-5,11-12,19H,6-10H2,1H3,(H,17,20). The van der Waals surface area contributed by atoms with Crippen molar-refractivity contribution in [2.75, 3.05) is 26.3 Å². The lowest BCUT2D eigenvalue weighted by Gasteiger charge is -2.21. The van der Waals surface area contributed by atoms with E-state index in [1.807, 2.05) is 6.92 Å². The van der Waals surface area contributed by atoms with E-state index in [1.54, 1.807) is 17.0 Å². The van der Waals surface area contributed by atoms with E-state index in [1.165, 1.54) is 12.1 Å². The van der Waals surface area contributed by atoms with Crippen LogP contribution in [-0.2, 0) is 0 Å². The quantitative estimate of drug-likeness (QED) is 0.868. The van der Waals surface area contributed by atoms with Gasteiger partial charge in [0.15, 0.2) is 0 Å². The maximum atomic E-state index is 12.8. The molecule has 0 bridgehead atoms. The highest BCUT2D eigenvalue weighted by Crippen LogP contribution is 2.15. The highest BCUT2D eigenvalue weighted by atomic mass is 19.1. The summed E-state index contributed by atoms with van der Waals surface area (Å²) in [5, 5.41) is 11.9. The van der Waals surface area contributed by atoms with E-state index < -0.39 is 0 Å². The maximum Gasteiger partial charge on any atom is 0.317 e. The molecular weight excluding hydrogens is 275 g/mol. The van der Waals surface area contributed by atoms with Gasteiger partial charge in [0.2, 0.25) is 0 Å². The highest BCUT2D eigenvalue weighted by Gasteiger charge is 2.26. The number of aliphatic hydroxyl groups is 1. The molecule has 1 heterocycles. The van der Waals surface area contributed by atoms with E-state index in [4.69, 9.17) is 9.84 Å². The molecule has 1 aliphatic rings. The summed E-state index contributed by atoms with van der Waals surface area (Å²) in [5.74, 6) is 0.441. The minimum absolute atomic E-state index is 0.118. The Labute approximate surface area is 123 Å². The summed E-state index contributed by atoms with van der Waals surface area (Å²) in [4.78, 5) is 13.7. The zero-order valence-corrected chi connectivity index (χ0v) is 12.1. The molecule has 0 radical (unpaired) electrons. The largest absolute Gasteiger partial charge is 0.491 e. The van der Waals surface area contributed by atoms with Gasteiger partial charge in [-0.3, -0.25) is 0 Å². The van der Waals surface area contributed by atoms with Gasteiger partial charge in [0.1, 0.15) is 18.2 Å². The summed E-state index contributed by atoms with van der Waals surface area (Å²) in [6.45, 7) is 3.54. The van der Waals surface area contributed by atoms with Gasteiger partial charge in [0.05, 0.1) is 6.04 Å². The molecule has 0 spiro atoms. The molecule has 1 aromatic carbocycles. The van der Waals surface area contributed by atoms with Gasteiger partial charge in [-0.1, -0.05) is 0 Å². The first-order chi connectivity index (χ1) is 10.1. The molecular formula is C15H21FN2O3. The number of nitrogens with one attached hydrogen (secondary N) is 1. The van der Waals surface area contributed by atoms with Crippen LogP contribution in [0.3, 0.4) is 0 Å². The van der Waals surface area contributed by atoms with E-state index in [0.29, 0.717) is 25.4 Å². The van der Waals surface area contributed by atoms with Crippen molar-refractivity contribution >= 4 is 6.03 Å². The first-order valence-electron chi connectivity index (χ1n) is 7.13. The Morgan fingerprint density at radius 3 is 2.86 bits per heavy atom. The van der Waals surface area contributed by atoms with Crippen molar-refractivity contribution < 1.29 is 19.0 Å². The number of ether oxygens (including phenoxy) is 1. The third-order valence-corrected chi connectivity index (χ3v) is 3.51. The number of benzene rings is 1. The van der Waals surface area contributed by atoms with Gasteiger partial charge < -0.3 is 20.1 Å². The number of hydrogen-bond acceptors (Lipinski definition) is 3. The second-order valence-electron chi connectivity index (χ2n) is 5.40. The summed E-state index contributed by atoms with van der Waals surface area (Å²) in [6.07, 6.45) is 0.838. The second kappa shape index (κ2) is 7.26. The van der Waals surface area contributed by atoms with Crippen molar-refractivity contribution in [3.8, 4) is 5.75 Å². The topological polar surface area (TPSA) is 61.8 Å². The fraction of sp³-hybridized carbons (Fsp3) is 0.533. The van der Waals surface area contributed by atoms with Gasteiger partial charge in [0.25, 0.3) is 0 Å². The molecule has 1 aliphatic heterocycles. The van der Waals surface area contributed by atoms with Crippen molar-refractivity contribution in [3.05, 3.63) is 30.1 Å². The fourth-order valence-electron chi connectivity index (χ4n) is 2.26. The summed E-state index contributed by atoms with van der Waals surface area (Å²) >= 11 is 0. The van der Waals surface area contributed by atoms with E-state index in [9.17, 15) is 9.18 Å². The van der Waals surface area contributed by atoms with Crippen LogP contribution in [0.1, 0.15) is 13.3 Å². The van der Waals surface area contributed by atoms with E-state index in [2.05, 4.69) is 5.32 Å². The van der Waals surface area contributed by atoms with Crippen molar-refractivity contribution in [1.82, 2.24) is 10.2 Å². The number of rotatable bonds is 5. The third-order valence-electron chi connectivity index (χ3n) is 3.51. The van der Waals surface area contributed by atoms with Crippen LogP contribution in [-0.4, -0.2) is 48.4 Å². The smallest absolute Gasteiger partial charge is 0.317 e. The summed E-state index contributed by atoms with van der Waals surface area (Å²) < 4.78 is 18.2. The van der Waals surface area contributed by atoms with Gasteiger partial charge in [-0.25, -0.2) is 9.18 Å². The van der Waals surface area contributed by atoms with Crippen LogP contribution in [0.5, 0.6) is 5.75 Å². The zero-order valence-electron chi connectivity index (χ0n) is 12.1. The number of urea groups is 1. The average Bonchev–Trinajstić information content (AvgIpc) is 2.96. The summed E-state index contributed by atoms with van der Waals surface area (Å²) in [5.41, 5.74) is 0. The Bertz CT molecular complexity index is 466. The molecule has 2 atom stereocenters. The fourth-order valence-corrected chi connectivity index (χ4v) is 2.26. The molecule has 2 unspecified atom stereocenters. The molecule has 0 aromatic heterocycles. The molecule has 1 fully saturated rings. The molecule has 2 rings (SSSR count). The Morgan fingerprint density at radius 1 is 1.52 bits per heavy atom. The monoisotopic (exact) mass is 296 g/mol. The van der Waals surface area contributed by atoms with Gasteiger partial charge in [-0.15, -0.1) is 0 Å². The van der Waals surface area contributed by atoms with Crippen LogP contribution in [0.4, 0.5) is 9.18 Å². The molecule has 5 nitrogen and oxygen atoms in total. The molecule has 1 aromatic rings. The Hall–Kier alpha value is -1.82. The number of likely N-dealkylation sites (tertiary alicyclic amines) is 1. The van der Waals surface area contributed by atoms with Crippen molar-refractivity contribution in [2.24, 2.45) is 5.92 Å². The number of amides is 2. The van der Waals surface area contributed by atoms with Gasteiger partial charge in [0, 0.05) is 25.6 Å². The number of carbonyl (C=O) groups excluding carboxylic acids is 1. The lowest BCUT2D eigenvalue weighted by Crippen LogP contribution is -2.45. The van der Waals surface area contributed by atoms with Crippen LogP contribution in [0.25, 0.3) is 0 Å². The van der Waals surface area contributed by atoms with Crippen molar-refractivity contribution in [3.63, 3.8) is 0 Å². The van der Waals surface area contributed by atoms with Crippen LogP contribution < -0.4 is 10.1 Å². The molecule has 1 saturated heterocycles. The SMILES string of the molecule is CC(COc1ccc(F)cc1)NC(=O)N1CCC(CO)C1. The Morgan fingerprint density at radius 2 is 2.24 bits per heavy atom. The minimum Gasteiger partial charge on any atom is -0.491 e. The minimum atomic E-state index is -0.309. The van der Waals surface area contributed by atoms with Gasteiger partial charge in [-0.2, -0.15) is 0 Å². The van der Waals surface area contributed by atoms with Gasteiger partial charge in [-0.05, 0) is 37.6 Å². The Kier molecular flexibility index (Phi) is 5.38. The molecule has 0 saturated carbocycles. The van der Waals surface area contributed by atoms with Crippen LogP contribution >= 0.6 is 0 Å². The number of carbonyl (C=O) groups is 1. The van der Waals surface area contributed by atoms with Crippen LogP contribution in [0.2, 0.25) is 0 Å². The predicted octanol–water partition coefficient (Wildman–Crippen LogP) is 1.62. The van der Waals surface area contributed by atoms with Crippen LogP contribution in [0.15, 0.2) is 24.3 Å². The molecule has 2 N–H and O–H groups in total. The van der Waals surface area contributed by atoms with Crippen molar-refractivity contribution in [2.45, 2.75) is 19.4 Å². The zero-order chi connectivity index (χ0) is 15.2. The number of aliphatic hydroxyl groups excluding tert-OH is 1. The van der Waals surface area contributed by atoms with Gasteiger partial charge >= 0.3 is 6.03 Å². The normalized spacial score (nSPS) is 19.4. The summed E-state index contributed by atoms with van der Waals surface area (Å²) in [6, 6.07) is 5.47. The van der Waals surface area contributed by atoms with Crippen molar-refractivity contribution in [1.29, 1.82) is 0 Å². The van der Waals surface area contributed by atoms with Crippen LogP contribution in [0, 0.1) is 11.7 Å². The average molecular weight is 296 g/mol. The highest BCUT2D eigenvalue weighted by molar-refractivity contribution is 5.74. The first-order valence-corrected chi connectivity index (χ1v) is 7.13. The number of halogens is 1. The lowest BCUT2D eigenvalue weighted by atomic mass is 10.1. The first kappa shape index (κ1) is 15.6. The predicted molar refractivity (Wildman–Crippen MR) is 76.7 cm³/mol. The molecule has 2 amide bonds. The maximum absolute atomic E-state index is 12.8. The molecule has 0 aliphatic carbocycles. The van der Waals surface area contributed by atoms with E-state index in [-0.39, 0.29) is 30.4 Å². The number of hydrogen-bond donors (Lipinski definition) is 2. The Balaban J connectivity index is 1.72. The third kappa shape index (κ3) is 4.60. The summed E-state index contributed by atoms with van der Waals surface area (Å²) in [7, 11) is 0. The molecule has 6 heteroatoms. The van der Waals surface area contributed by atoms with E-state index >= 15 is 0 Å². The lowest BCUT2D eigenvalue weighted by molar-refractivity contribution is 0.189.